The number of benzene rings is 2. The number of methoxy groups -OCH3 is 1. The van der Waals surface area contributed by atoms with Gasteiger partial charge in [0.25, 0.3) is 0 Å². The van der Waals surface area contributed by atoms with Gasteiger partial charge in [-0.1, -0.05) is 41.9 Å². The summed E-state index contributed by atoms with van der Waals surface area (Å²) in [6.45, 7) is 0. The Morgan fingerprint density at radius 3 is 2.73 bits per heavy atom. The molecule has 0 amide bonds. The van der Waals surface area contributed by atoms with Crippen LogP contribution in [0.2, 0.25) is 5.02 Å². The molecule has 6 heteroatoms. The number of hydrogen-bond acceptors (Lipinski definition) is 3. The van der Waals surface area contributed by atoms with Crippen LogP contribution in [-0.4, -0.2) is 13.1 Å². The Morgan fingerprint density at radius 2 is 2.09 bits per heavy atom. The van der Waals surface area contributed by atoms with Crippen LogP contribution in [0.5, 0.6) is 5.75 Å². The highest BCUT2D eigenvalue weighted by molar-refractivity contribution is 9.10. The Hall–Kier alpha value is -1.59. The Kier molecular flexibility index (Phi) is 3.87. The fourth-order valence-corrected chi connectivity index (χ4v) is 3.30. The molecule has 2 aromatic rings. The summed E-state index contributed by atoms with van der Waals surface area (Å²) < 4.78 is 25.0. The van der Waals surface area contributed by atoms with Crippen LogP contribution >= 0.6 is 27.5 Å². The first-order valence-electron chi connectivity index (χ1n) is 6.49. The number of hydrogen-bond donors (Lipinski definition) is 0. The van der Waals surface area contributed by atoms with Crippen molar-refractivity contribution in [1.29, 1.82) is 0 Å². The number of rotatable bonds is 2. The summed E-state index contributed by atoms with van der Waals surface area (Å²) >= 11 is 9.19. The quantitative estimate of drug-likeness (QED) is 0.573. The minimum Gasteiger partial charge on any atom is -0.470 e. The van der Waals surface area contributed by atoms with Gasteiger partial charge >= 0.3 is 5.97 Å². The summed E-state index contributed by atoms with van der Waals surface area (Å²) in [7, 11) is 1.29. The summed E-state index contributed by atoms with van der Waals surface area (Å²) in [5.41, 5.74) is -0.0556. The number of ether oxygens (including phenoxy) is 2. The molecule has 3 nitrogen and oxygen atoms in total. The van der Waals surface area contributed by atoms with Gasteiger partial charge in [0.05, 0.1) is 12.1 Å². The topological polar surface area (TPSA) is 35.5 Å². The number of halogens is 3. The zero-order chi connectivity index (χ0) is 15.9. The second kappa shape index (κ2) is 5.56. The lowest BCUT2D eigenvalue weighted by molar-refractivity contribution is -0.158. The predicted octanol–water partition coefficient (Wildman–Crippen LogP) is 4.25. The second-order valence-electron chi connectivity index (χ2n) is 4.93. The highest BCUT2D eigenvalue weighted by atomic mass is 79.9. The highest BCUT2D eigenvalue weighted by Crippen LogP contribution is 2.47. The number of esters is 1. The van der Waals surface area contributed by atoms with Crippen LogP contribution in [-0.2, 0) is 21.6 Å². The first kappa shape index (κ1) is 15.3. The standard InChI is InChI=1S/C16H11BrClFO3/c1-21-15(20)16(9-5-3-2-4-6-9)8-10-12(22-16)7-11(19)14(18)13(10)17/h2-7H,8H2,1H3/t16-/m1/s1. The summed E-state index contributed by atoms with van der Waals surface area (Å²) in [6, 6.07) is 10.2. The fourth-order valence-electron chi connectivity index (χ4n) is 2.60. The Morgan fingerprint density at radius 1 is 1.41 bits per heavy atom. The maximum Gasteiger partial charge on any atom is 0.355 e. The number of carbonyl (C=O) groups excluding carboxylic acids is 1. The van der Waals surface area contributed by atoms with Gasteiger partial charge in [-0.2, -0.15) is 0 Å². The molecule has 0 unspecified atom stereocenters. The maximum absolute atomic E-state index is 13.8. The van der Waals surface area contributed by atoms with E-state index in [-0.39, 0.29) is 17.2 Å². The third kappa shape index (κ3) is 2.20. The number of carbonyl (C=O) groups is 1. The van der Waals surface area contributed by atoms with Crippen molar-refractivity contribution in [3.05, 3.63) is 62.8 Å². The van der Waals surface area contributed by atoms with Crippen LogP contribution < -0.4 is 4.74 Å². The lowest BCUT2D eigenvalue weighted by Crippen LogP contribution is -2.41. The molecule has 0 bridgehead atoms. The molecular weight excluding hydrogens is 375 g/mol. The van der Waals surface area contributed by atoms with Crippen molar-refractivity contribution in [2.45, 2.75) is 12.0 Å². The van der Waals surface area contributed by atoms with E-state index in [2.05, 4.69) is 15.9 Å². The van der Waals surface area contributed by atoms with Crippen molar-refractivity contribution >= 4 is 33.5 Å². The minimum atomic E-state index is -1.34. The monoisotopic (exact) mass is 384 g/mol. The third-order valence-electron chi connectivity index (χ3n) is 3.69. The van der Waals surface area contributed by atoms with E-state index in [1.807, 2.05) is 6.07 Å². The third-order valence-corrected chi connectivity index (χ3v) is 5.16. The van der Waals surface area contributed by atoms with Gasteiger partial charge in [0.1, 0.15) is 11.6 Å². The molecule has 22 heavy (non-hydrogen) atoms. The summed E-state index contributed by atoms with van der Waals surface area (Å²) in [4.78, 5) is 12.4. The molecule has 1 aliphatic heterocycles. The van der Waals surface area contributed by atoms with Gasteiger partial charge in [0.15, 0.2) is 0 Å². The first-order valence-corrected chi connectivity index (χ1v) is 7.66. The zero-order valence-corrected chi connectivity index (χ0v) is 13.9. The van der Waals surface area contributed by atoms with Crippen LogP contribution in [0.3, 0.4) is 0 Å². The average Bonchev–Trinajstić information content (AvgIpc) is 2.93. The minimum absolute atomic E-state index is 0.0314. The zero-order valence-electron chi connectivity index (χ0n) is 11.5. The molecule has 2 aromatic carbocycles. The van der Waals surface area contributed by atoms with Gasteiger partial charge in [0.2, 0.25) is 5.60 Å². The molecule has 114 valence electrons. The molecule has 1 aliphatic rings. The average molecular weight is 386 g/mol. The van der Waals surface area contributed by atoms with E-state index in [1.165, 1.54) is 13.2 Å². The normalized spacial score (nSPS) is 19.5. The smallest absolute Gasteiger partial charge is 0.355 e. The molecule has 0 saturated heterocycles. The Balaban J connectivity index is 2.17. The van der Waals surface area contributed by atoms with Crippen LogP contribution in [0.15, 0.2) is 40.9 Å². The van der Waals surface area contributed by atoms with Gasteiger partial charge in [-0.25, -0.2) is 9.18 Å². The molecular formula is C16H11BrClFO3. The van der Waals surface area contributed by atoms with Crippen molar-refractivity contribution in [3.63, 3.8) is 0 Å². The van der Waals surface area contributed by atoms with E-state index < -0.39 is 17.4 Å². The van der Waals surface area contributed by atoms with Gasteiger partial charge in [-0.3, -0.25) is 0 Å². The molecule has 0 saturated carbocycles. The van der Waals surface area contributed by atoms with Crippen LogP contribution in [0.1, 0.15) is 11.1 Å². The Bertz CT molecular complexity index is 751. The molecule has 0 aliphatic carbocycles. The maximum atomic E-state index is 13.8. The molecule has 0 N–H and O–H groups in total. The summed E-state index contributed by atoms with van der Waals surface area (Å²) in [5, 5.41) is -0.0314. The predicted molar refractivity (Wildman–Crippen MR) is 83.6 cm³/mol. The number of fused-ring (bicyclic) bond motifs is 1. The van der Waals surface area contributed by atoms with Gasteiger partial charge in [-0.05, 0) is 15.9 Å². The molecule has 1 heterocycles. The van der Waals surface area contributed by atoms with Crippen LogP contribution in [0.25, 0.3) is 0 Å². The van der Waals surface area contributed by atoms with Gasteiger partial charge < -0.3 is 9.47 Å². The lowest BCUT2D eigenvalue weighted by Gasteiger charge is -2.26. The molecule has 0 fully saturated rings. The van der Waals surface area contributed by atoms with E-state index in [9.17, 15) is 9.18 Å². The largest absolute Gasteiger partial charge is 0.470 e. The van der Waals surface area contributed by atoms with Crippen molar-refractivity contribution in [2.24, 2.45) is 0 Å². The molecule has 0 aromatic heterocycles. The van der Waals surface area contributed by atoms with E-state index >= 15 is 0 Å². The fraction of sp³-hybridized carbons (Fsp3) is 0.188. The lowest BCUT2D eigenvalue weighted by atomic mass is 9.89. The molecule has 1 atom stereocenters. The highest BCUT2D eigenvalue weighted by Gasteiger charge is 2.50. The van der Waals surface area contributed by atoms with Gasteiger partial charge in [0, 0.05) is 28.1 Å². The van der Waals surface area contributed by atoms with Crippen molar-refractivity contribution in [3.8, 4) is 5.75 Å². The SMILES string of the molecule is COC(=O)[C@]1(c2ccccc2)Cc2c(cc(F)c(Cl)c2Br)O1. The van der Waals surface area contributed by atoms with E-state index in [0.29, 0.717) is 15.6 Å². The molecule has 3 rings (SSSR count). The van der Waals surface area contributed by atoms with E-state index in [0.717, 1.165) is 0 Å². The molecule has 0 radical (unpaired) electrons. The van der Waals surface area contributed by atoms with E-state index in [1.54, 1.807) is 24.3 Å². The second-order valence-corrected chi connectivity index (χ2v) is 6.10. The van der Waals surface area contributed by atoms with Crippen molar-refractivity contribution in [2.75, 3.05) is 7.11 Å². The van der Waals surface area contributed by atoms with Crippen LogP contribution in [0.4, 0.5) is 4.39 Å². The van der Waals surface area contributed by atoms with Crippen molar-refractivity contribution in [1.82, 2.24) is 0 Å². The van der Waals surface area contributed by atoms with Crippen molar-refractivity contribution < 1.29 is 18.7 Å². The van der Waals surface area contributed by atoms with Crippen LogP contribution in [0, 0.1) is 5.82 Å². The Labute approximate surface area is 140 Å². The van der Waals surface area contributed by atoms with E-state index in [4.69, 9.17) is 21.1 Å². The summed E-state index contributed by atoms with van der Waals surface area (Å²) in [5.74, 6) is -0.873. The first-order chi connectivity index (χ1) is 10.5. The summed E-state index contributed by atoms with van der Waals surface area (Å²) in [6.07, 6.45) is 0.208. The molecule has 0 spiro atoms. The van der Waals surface area contributed by atoms with Gasteiger partial charge in [-0.15, -0.1) is 0 Å².